The van der Waals surface area contributed by atoms with Crippen LogP contribution in [0, 0.1) is 0 Å². The molecule has 3 amide bonds. The van der Waals surface area contributed by atoms with Crippen LogP contribution in [0.1, 0.15) is 5.56 Å². The molecule has 1 saturated heterocycles. The highest BCUT2D eigenvalue weighted by atomic mass is 79.9. The van der Waals surface area contributed by atoms with Crippen molar-refractivity contribution >= 4 is 49.9 Å². The van der Waals surface area contributed by atoms with Crippen molar-refractivity contribution in [3.63, 3.8) is 0 Å². The van der Waals surface area contributed by atoms with Gasteiger partial charge in [0.2, 0.25) is 0 Å². The lowest BCUT2D eigenvalue weighted by Crippen LogP contribution is -2.22. The van der Waals surface area contributed by atoms with Crippen LogP contribution in [0.25, 0.3) is 6.08 Å². The minimum absolute atomic E-state index is 0.162. The summed E-state index contributed by atoms with van der Waals surface area (Å²) in [4.78, 5) is 22.6. The van der Waals surface area contributed by atoms with Gasteiger partial charge < -0.3 is 14.8 Å². The van der Waals surface area contributed by atoms with Gasteiger partial charge in [0.25, 0.3) is 5.91 Å². The summed E-state index contributed by atoms with van der Waals surface area (Å²) >= 11 is 6.80. The summed E-state index contributed by atoms with van der Waals surface area (Å²) in [5, 5.41) is 4.55. The van der Waals surface area contributed by atoms with Gasteiger partial charge in [-0.25, -0.2) is 4.79 Å². The number of urea groups is 1. The molecular formula is C12H10Br2N2O4. The number of carbonyl (C=O) groups is 2. The summed E-state index contributed by atoms with van der Waals surface area (Å²) in [7, 11) is 3.04. The smallest absolute Gasteiger partial charge is 0.326 e. The lowest BCUT2D eigenvalue weighted by Gasteiger charge is -2.13. The Morgan fingerprint density at radius 2 is 1.80 bits per heavy atom. The number of benzene rings is 1. The Balaban J connectivity index is 2.53. The third-order valence-corrected chi connectivity index (χ3v) is 4.74. The predicted octanol–water partition coefficient (Wildman–Crippen LogP) is 2.41. The Morgan fingerprint density at radius 3 is 2.30 bits per heavy atom. The van der Waals surface area contributed by atoms with Crippen LogP contribution in [0.3, 0.4) is 0 Å². The minimum Gasteiger partial charge on any atom is -0.493 e. The van der Waals surface area contributed by atoms with Gasteiger partial charge in [0.15, 0.2) is 11.5 Å². The molecule has 6 nitrogen and oxygen atoms in total. The molecule has 0 aliphatic carbocycles. The van der Waals surface area contributed by atoms with Crippen molar-refractivity contribution in [2.75, 3.05) is 14.2 Å². The van der Waals surface area contributed by atoms with E-state index in [1.54, 1.807) is 6.07 Å². The zero-order valence-corrected chi connectivity index (χ0v) is 13.7. The fourth-order valence-corrected chi connectivity index (χ4v) is 2.68. The van der Waals surface area contributed by atoms with E-state index in [0.29, 0.717) is 26.0 Å². The lowest BCUT2D eigenvalue weighted by molar-refractivity contribution is -0.115. The first-order valence-electron chi connectivity index (χ1n) is 5.42. The molecule has 1 aliphatic rings. The monoisotopic (exact) mass is 404 g/mol. The molecule has 1 aliphatic heterocycles. The van der Waals surface area contributed by atoms with E-state index in [0.717, 1.165) is 0 Å². The quantitative estimate of drug-likeness (QED) is 0.598. The van der Waals surface area contributed by atoms with E-state index in [-0.39, 0.29) is 5.70 Å². The molecular weight excluding hydrogens is 396 g/mol. The second-order valence-electron chi connectivity index (χ2n) is 3.80. The number of hydrogen-bond acceptors (Lipinski definition) is 4. The molecule has 1 heterocycles. The summed E-state index contributed by atoms with van der Waals surface area (Å²) in [5.41, 5.74) is 0.816. The molecule has 20 heavy (non-hydrogen) atoms. The molecule has 0 atom stereocenters. The van der Waals surface area contributed by atoms with E-state index in [1.807, 2.05) is 0 Å². The fourth-order valence-electron chi connectivity index (χ4n) is 1.69. The molecule has 1 fully saturated rings. The van der Waals surface area contributed by atoms with Crippen molar-refractivity contribution in [3.8, 4) is 11.5 Å². The number of methoxy groups -OCH3 is 2. The highest BCUT2D eigenvalue weighted by Gasteiger charge is 2.24. The van der Waals surface area contributed by atoms with E-state index in [2.05, 4.69) is 42.5 Å². The first-order chi connectivity index (χ1) is 9.47. The second kappa shape index (κ2) is 5.84. The summed E-state index contributed by atoms with van der Waals surface area (Å²) in [5.74, 6) is 0.549. The predicted molar refractivity (Wildman–Crippen MR) is 79.6 cm³/mol. The number of rotatable bonds is 3. The van der Waals surface area contributed by atoms with Crippen LogP contribution in [-0.4, -0.2) is 26.2 Å². The standard InChI is InChI=1S/C12H10Br2N2O4/c1-19-7-4-5(8(13)9(14)10(7)20-2)3-6-11(17)16-12(18)15-6/h3-4H,1-2H3,(H2,15,16,17,18)/b6-3-. The molecule has 0 aromatic heterocycles. The maximum Gasteiger partial charge on any atom is 0.326 e. The molecule has 106 valence electrons. The summed E-state index contributed by atoms with van der Waals surface area (Å²) < 4.78 is 11.8. The molecule has 0 spiro atoms. The van der Waals surface area contributed by atoms with Crippen LogP contribution in [-0.2, 0) is 4.79 Å². The van der Waals surface area contributed by atoms with Gasteiger partial charge in [-0.1, -0.05) is 0 Å². The average Bonchev–Trinajstić information content (AvgIpc) is 2.73. The Morgan fingerprint density at radius 1 is 1.10 bits per heavy atom. The lowest BCUT2D eigenvalue weighted by atomic mass is 10.1. The zero-order chi connectivity index (χ0) is 14.9. The first-order valence-corrected chi connectivity index (χ1v) is 7.00. The van der Waals surface area contributed by atoms with Gasteiger partial charge in [-0.3, -0.25) is 10.1 Å². The maximum absolute atomic E-state index is 11.5. The van der Waals surface area contributed by atoms with E-state index in [1.165, 1.54) is 20.3 Å². The molecule has 0 unspecified atom stereocenters. The second-order valence-corrected chi connectivity index (χ2v) is 5.38. The molecule has 8 heteroatoms. The number of ether oxygens (including phenoxy) is 2. The Kier molecular flexibility index (Phi) is 4.34. The minimum atomic E-state index is -0.545. The number of hydrogen-bond donors (Lipinski definition) is 2. The SMILES string of the molecule is COc1cc(/C=C2\NC(=O)NC2=O)c(Br)c(Br)c1OC. The Labute approximate surface area is 131 Å². The molecule has 1 aromatic carbocycles. The fraction of sp³-hybridized carbons (Fsp3) is 0.167. The largest absolute Gasteiger partial charge is 0.493 e. The van der Waals surface area contributed by atoms with Crippen LogP contribution < -0.4 is 20.1 Å². The molecule has 2 rings (SSSR count). The van der Waals surface area contributed by atoms with Crippen molar-refractivity contribution in [3.05, 3.63) is 26.3 Å². The van der Waals surface area contributed by atoms with Crippen molar-refractivity contribution in [1.29, 1.82) is 0 Å². The maximum atomic E-state index is 11.5. The number of halogens is 2. The Hall–Kier alpha value is -1.54. The van der Waals surface area contributed by atoms with Crippen molar-refractivity contribution in [2.24, 2.45) is 0 Å². The van der Waals surface area contributed by atoms with Gasteiger partial charge in [0, 0.05) is 4.47 Å². The highest BCUT2D eigenvalue weighted by molar-refractivity contribution is 9.13. The number of carbonyl (C=O) groups excluding carboxylic acids is 2. The Bertz CT molecular complexity index is 628. The summed E-state index contributed by atoms with van der Waals surface area (Å²) in [6.07, 6.45) is 1.54. The van der Waals surface area contributed by atoms with Crippen LogP contribution in [0.2, 0.25) is 0 Å². The third kappa shape index (κ3) is 2.66. The zero-order valence-electron chi connectivity index (χ0n) is 10.5. The summed E-state index contributed by atoms with van der Waals surface area (Å²) in [6, 6.07) is 1.15. The molecule has 0 radical (unpaired) electrons. The van der Waals surface area contributed by atoms with E-state index in [9.17, 15) is 9.59 Å². The molecule has 1 aromatic rings. The van der Waals surface area contributed by atoms with E-state index >= 15 is 0 Å². The molecule has 2 N–H and O–H groups in total. The number of amides is 3. The number of imide groups is 1. The molecule has 0 saturated carbocycles. The summed E-state index contributed by atoms with van der Waals surface area (Å²) in [6.45, 7) is 0. The normalized spacial score (nSPS) is 16.1. The average molecular weight is 406 g/mol. The highest BCUT2D eigenvalue weighted by Crippen LogP contribution is 2.43. The molecule has 0 bridgehead atoms. The van der Waals surface area contributed by atoms with E-state index in [4.69, 9.17) is 9.47 Å². The van der Waals surface area contributed by atoms with Gasteiger partial charge in [-0.05, 0) is 49.6 Å². The number of nitrogens with one attached hydrogen (secondary N) is 2. The van der Waals surface area contributed by atoms with Gasteiger partial charge in [-0.2, -0.15) is 0 Å². The van der Waals surface area contributed by atoms with Crippen molar-refractivity contribution in [2.45, 2.75) is 0 Å². The van der Waals surface area contributed by atoms with Gasteiger partial charge in [0.05, 0.1) is 18.7 Å². The van der Waals surface area contributed by atoms with Crippen LogP contribution in [0.15, 0.2) is 20.7 Å². The van der Waals surface area contributed by atoms with Crippen LogP contribution in [0.5, 0.6) is 11.5 Å². The van der Waals surface area contributed by atoms with Gasteiger partial charge in [0.1, 0.15) is 5.70 Å². The van der Waals surface area contributed by atoms with Crippen LogP contribution >= 0.6 is 31.9 Å². The topological polar surface area (TPSA) is 76.7 Å². The van der Waals surface area contributed by atoms with Gasteiger partial charge >= 0.3 is 6.03 Å². The van der Waals surface area contributed by atoms with Crippen LogP contribution in [0.4, 0.5) is 4.79 Å². The van der Waals surface area contributed by atoms with E-state index < -0.39 is 11.9 Å². The van der Waals surface area contributed by atoms with Gasteiger partial charge in [-0.15, -0.1) is 0 Å². The first kappa shape index (κ1) is 14.9. The third-order valence-electron chi connectivity index (χ3n) is 2.60. The van der Waals surface area contributed by atoms with Crippen molar-refractivity contribution < 1.29 is 19.1 Å². The van der Waals surface area contributed by atoms with Crippen molar-refractivity contribution in [1.82, 2.24) is 10.6 Å².